The first kappa shape index (κ1) is 9.93. The quantitative estimate of drug-likeness (QED) is 0.623. The molecule has 14 heavy (non-hydrogen) atoms. The van der Waals surface area contributed by atoms with E-state index in [1.54, 1.807) is 0 Å². The Morgan fingerprint density at radius 1 is 1.36 bits per heavy atom. The second-order valence-corrected chi connectivity index (χ2v) is 4.61. The Balaban J connectivity index is 1.96. The van der Waals surface area contributed by atoms with Gasteiger partial charge in [-0.1, -0.05) is 0 Å². The number of rotatable bonds is 1. The smallest absolute Gasteiger partial charge is 0.325 e. The second-order valence-electron chi connectivity index (χ2n) is 4.61. The molecule has 4 heteroatoms. The zero-order valence-electron chi connectivity index (χ0n) is 8.54. The van der Waals surface area contributed by atoms with Gasteiger partial charge in [0.1, 0.15) is 5.54 Å². The summed E-state index contributed by atoms with van der Waals surface area (Å²) < 4.78 is 9.99. The van der Waals surface area contributed by atoms with Crippen LogP contribution in [0.2, 0.25) is 0 Å². The maximum Gasteiger partial charge on any atom is 0.325 e. The van der Waals surface area contributed by atoms with E-state index in [2.05, 4.69) is 0 Å². The van der Waals surface area contributed by atoms with Crippen LogP contribution in [0.1, 0.15) is 25.7 Å². The predicted molar refractivity (Wildman–Crippen MR) is 50.7 cm³/mol. The van der Waals surface area contributed by atoms with Crippen LogP contribution in [-0.4, -0.2) is 31.8 Å². The lowest BCUT2D eigenvalue weighted by atomic mass is 9.54. The molecule has 1 spiro atoms. The molecule has 2 rings (SSSR count). The highest BCUT2D eigenvalue weighted by Gasteiger charge is 2.57. The first-order chi connectivity index (χ1) is 6.60. The third kappa shape index (κ3) is 1.42. The lowest BCUT2D eigenvalue weighted by Gasteiger charge is -2.54. The highest BCUT2D eigenvalue weighted by molar-refractivity contribution is 5.82. The van der Waals surface area contributed by atoms with E-state index in [4.69, 9.17) is 15.2 Å². The van der Waals surface area contributed by atoms with Gasteiger partial charge >= 0.3 is 5.97 Å². The molecule has 0 aromatic heterocycles. The van der Waals surface area contributed by atoms with Gasteiger partial charge in [0.15, 0.2) is 0 Å². The zero-order chi connectivity index (χ0) is 10.2. The average Bonchev–Trinajstić information content (AvgIpc) is 2.16. The van der Waals surface area contributed by atoms with Crippen molar-refractivity contribution in [1.29, 1.82) is 0 Å². The Morgan fingerprint density at radius 3 is 2.43 bits per heavy atom. The molecule has 2 fully saturated rings. The molecule has 1 aliphatic heterocycles. The van der Waals surface area contributed by atoms with E-state index >= 15 is 0 Å². The lowest BCUT2D eigenvalue weighted by molar-refractivity contribution is -0.162. The van der Waals surface area contributed by atoms with Crippen LogP contribution in [0.15, 0.2) is 0 Å². The standard InChI is InChI=1S/C10H17NO3/c1-13-8(12)10(11)6-9(7-10)2-4-14-5-3-9/h2-7,11H2,1H3. The molecule has 1 heterocycles. The monoisotopic (exact) mass is 199 g/mol. The SMILES string of the molecule is COC(=O)C1(N)CC2(CCOCC2)C1. The molecule has 4 nitrogen and oxygen atoms in total. The van der Waals surface area contributed by atoms with Gasteiger partial charge in [0.25, 0.3) is 0 Å². The van der Waals surface area contributed by atoms with E-state index in [0.29, 0.717) is 0 Å². The largest absolute Gasteiger partial charge is 0.468 e. The van der Waals surface area contributed by atoms with Crippen molar-refractivity contribution in [2.75, 3.05) is 20.3 Å². The van der Waals surface area contributed by atoms with Gasteiger partial charge < -0.3 is 15.2 Å². The van der Waals surface area contributed by atoms with E-state index in [1.165, 1.54) is 7.11 Å². The Morgan fingerprint density at radius 2 is 1.93 bits per heavy atom. The van der Waals surface area contributed by atoms with Gasteiger partial charge in [-0.25, -0.2) is 0 Å². The number of hydrogen-bond donors (Lipinski definition) is 1. The Bertz CT molecular complexity index is 238. The topological polar surface area (TPSA) is 61.5 Å². The van der Waals surface area contributed by atoms with E-state index in [0.717, 1.165) is 38.9 Å². The van der Waals surface area contributed by atoms with Crippen molar-refractivity contribution in [2.24, 2.45) is 11.1 Å². The van der Waals surface area contributed by atoms with Crippen LogP contribution >= 0.6 is 0 Å². The third-order valence-electron chi connectivity index (χ3n) is 3.53. The van der Waals surface area contributed by atoms with Gasteiger partial charge in [0, 0.05) is 13.2 Å². The summed E-state index contributed by atoms with van der Waals surface area (Å²) in [5, 5.41) is 0. The maximum atomic E-state index is 11.4. The van der Waals surface area contributed by atoms with Crippen molar-refractivity contribution < 1.29 is 14.3 Å². The third-order valence-corrected chi connectivity index (χ3v) is 3.53. The van der Waals surface area contributed by atoms with Crippen LogP contribution in [0, 0.1) is 5.41 Å². The molecule has 0 amide bonds. The van der Waals surface area contributed by atoms with Crippen molar-refractivity contribution in [3.63, 3.8) is 0 Å². The molecule has 0 aromatic carbocycles. The molecular weight excluding hydrogens is 182 g/mol. The summed E-state index contributed by atoms with van der Waals surface area (Å²) in [6, 6.07) is 0. The Hall–Kier alpha value is -0.610. The molecular formula is C10H17NO3. The Kier molecular flexibility index (Phi) is 2.27. The summed E-state index contributed by atoms with van der Waals surface area (Å²) in [6.07, 6.45) is 3.58. The van der Waals surface area contributed by atoms with E-state index in [-0.39, 0.29) is 11.4 Å². The molecule has 2 N–H and O–H groups in total. The molecule has 0 bridgehead atoms. The van der Waals surface area contributed by atoms with E-state index < -0.39 is 5.54 Å². The molecule has 0 aromatic rings. The normalized spacial score (nSPS) is 28.1. The van der Waals surface area contributed by atoms with Crippen molar-refractivity contribution in [1.82, 2.24) is 0 Å². The molecule has 80 valence electrons. The number of methoxy groups -OCH3 is 1. The second kappa shape index (κ2) is 3.21. The summed E-state index contributed by atoms with van der Waals surface area (Å²) in [4.78, 5) is 11.4. The van der Waals surface area contributed by atoms with Gasteiger partial charge in [-0.05, 0) is 31.1 Å². The first-order valence-corrected chi connectivity index (χ1v) is 5.05. The summed E-state index contributed by atoms with van der Waals surface area (Å²) in [5.41, 5.74) is 5.50. The fourth-order valence-electron chi connectivity index (χ4n) is 2.79. The Labute approximate surface area is 83.7 Å². The molecule has 1 saturated carbocycles. The van der Waals surface area contributed by atoms with Crippen molar-refractivity contribution in [2.45, 2.75) is 31.2 Å². The average molecular weight is 199 g/mol. The predicted octanol–water partition coefficient (Wildman–Crippen LogP) is 0.447. The number of hydrogen-bond acceptors (Lipinski definition) is 4. The van der Waals surface area contributed by atoms with E-state index in [9.17, 15) is 4.79 Å². The summed E-state index contributed by atoms with van der Waals surface area (Å²) in [6.45, 7) is 1.61. The lowest BCUT2D eigenvalue weighted by Crippen LogP contribution is -2.64. The van der Waals surface area contributed by atoms with Crippen LogP contribution in [0.4, 0.5) is 0 Å². The van der Waals surface area contributed by atoms with E-state index in [1.807, 2.05) is 0 Å². The molecule has 0 radical (unpaired) electrons. The van der Waals surface area contributed by atoms with Crippen molar-refractivity contribution in [3.05, 3.63) is 0 Å². The summed E-state index contributed by atoms with van der Waals surface area (Å²) in [5.74, 6) is -0.269. The molecule has 1 aliphatic carbocycles. The number of ether oxygens (including phenoxy) is 2. The highest BCUT2D eigenvalue weighted by atomic mass is 16.5. The zero-order valence-corrected chi connectivity index (χ0v) is 8.54. The molecule has 0 unspecified atom stereocenters. The number of carbonyl (C=O) groups excluding carboxylic acids is 1. The number of nitrogens with two attached hydrogens (primary N) is 1. The van der Waals surface area contributed by atoms with Crippen molar-refractivity contribution >= 4 is 5.97 Å². The molecule has 1 saturated heterocycles. The van der Waals surface area contributed by atoms with Crippen LogP contribution in [0.3, 0.4) is 0 Å². The summed E-state index contributed by atoms with van der Waals surface area (Å²) in [7, 11) is 1.39. The van der Waals surface area contributed by atoms with Gasteiger partial charge in [-0.3, -0.25) is 4.79 Å². The number of carbonyl (C=O) groups is 1. The van der Waals surface area contributed by atoms with Crippen LogP contribution < -0.4 is 5.73 Å². The number of esters is 1. The van der Waals surface area contributed by atoms with Gasteiger partial charge in [0.2, 0.25) is 0 Å². The maximum absolute atomic E-state index is 11.4. The fourth-order valence-corrected chi connectivity index (χ4v) is 2.79. The van der Waals surface area contributed by atoms with Gasteiger partial charge in [-0.2, -0.15) is 0 Å². The van der Waals surface area contributed by atoms with Crippen LogP contribution in [0.25, 0.3) is 0 Å². The molecule has 0 atom stereocenters. The van der Waals surface area contributed by atoms with Crippen LogP contribution in [-0.2, 0) is 14.3 Å². The minimum absolute atomic E-state index is 0.265. The minimum Gasteiger partial charge on any atom is -0.468 e. The van der Waals surface area contributed by atoms with Gasteiger partial charge in [-0.15, -0.1) is 0 Å². The molecule has 2 aliphatic rings. The first-order valence-electron chi connectivity index (χ1n) is 5.05. The minimum atomic E-state index is -0.716. The fraction of sp³-hybridized carbons (Fsp3) is 0.900. The highest BCUT2D eigenvalue weighted by Crippen LogP contribution is 2.53. The van der Waals surface area contributed by atoms with Gasteiger partial charge in [0.05, 0.1) is 7.11 Å². The van der Waals surface area contributed by atoms with Crippen LogP contribution in [0.5, 0.6) is 0 Å². The summed E-state index contributed by atoms with van der Waals surface area (Å²) >= 11 is 0. The van der Waals surface area contributed by atoms with Crippen molar-refractivity contribution in [3.8, 4) is 0 Å².